The number of hydrogen-bond donors (Lipinski definition) is 3. The van der Waals surface area contributed by atoms with E-state index in [0.29, 0.717) is 19.6 Å². The van der Waals surface area contributed by atoms with E-state index >= 15 is 0 Å². The molecule has 4 N–H and O–H groups in total. The quantitative estimate of drug-likeness (QED) is 0.616. The van der Waals surface area contributed by atoms with Crippen LogP contribution in [0, 0.1) is 6.92 Å². The van der Waals surface area contributed by atoms with E-state index in [1.165, 1.54) is 16.7 Å². The van der Waals surface area contributed by atoms with Gasteiger partial charge in [0.1, 0.15) is 5.75 Å². The summed E-state index contributed by atoms with van der Waals surface area (Å²) in [7, 11) is 0. The number of benzene rings is 1. The first kappa shape index (κ1) is 17.2. The van der Waals surface area contributed by atoms with Gasteiger partial charge in [0, 0.05) is 44.9 Å². The zero-order valence-electron chi connectivity index (χ0n) is 13.6. The summed E-state index contributed by atoms with van der Waals surface area (Å²) in [6.07, 6.45) is 1.56. The predicted octanol–water partition coefficient (Wildman–Crippen LogP) is 0.663. The molecule has 0 amide bonds. The number of aliphatic hydroxyl groups excluding tert-OH is 1. The lowest BCUT2D eigenvalue weighted by Gasteiger charge is -2.29. The average molecular weight is 307 g/mol. The number of hydrogen-bond acceptors (Lipinski definition) is 5. The molecule has 0 saturated carbocycles. The number of aliphatic hydroxyl groups is 1. The van der Waals surface area contributed by atoms with E-state index in [2.05, 4.69) is 23.2 Å². The lowest BCUT2D eigenvalue weighted by Crippen LogP contribution is -2.43. The molecule has 0 bridgehead atoms. The van der Waals surface area contributed by atoms with Gasteiger partial charge in [-0.05, 0) is 43.5 Å². The molecule has 5 nitrogen and oxygen atoms in total. The van der Waals surface area contributed by atoms with E-state index in [-0.39, 0.29) is 6.61 Å². The monoisotopic (exact) mass is 307 g/mol. The number of nitrogens with zero attached hydrogens (tertiary/aromatic N) is 1. The summed E-state index contributed by atoms with van der Waals surface area (Å²) < 4.78 is 5.95. The molecule has 0 unspecified atom stereocenters. The smallest absolute Gasteiger partial charge is 0.124 e. The second-order valence-electron chi connectivity index (χ2n) is 5.82. The second kappa shape index (κ2) is 9.10. The van der Waals surface area contributed by atoms with Gasteiger partial charge in [-0.3, -0.25) is 4.90 Å². The second-order valence-corrected chi connectivity index (χ2v) is 5.82. The first-order valence-corrected chi connectivity index (χ1v) is 8.24. The molecule has 0 radical (unpaired) electrons. The Morgan fingerprint density at radius 2 is 2.09 bits per heavy atom. The Kier molecular flexibility index (Phi) is 7.12. The van der Waals surface area contributed by atoms with Gasteiger partial charge in [0.15, 0.2) is 0 Å². The molecule has 0 atom stereocenters. The van der Waals surface area contributed by atoms with Gasteiger partial charge in [-0.25, -0.2) is 0 Å². The van der Waals surface area contributed by atoms with Crippen molar-refractivity contribution in [3.8, 4) is 5.75 Å². The SMILES string of the molecule is Cc1c(CCO)ccc(OCCCN)c1CN1CCNCC1. The molecular weight excluding hydrogens is 278 g/mol. The maximum Gasteiger partial charge on any atom is 0.124 e. The van der Waals surface area contributed by atoms with Crippen molar-refractivity contribution < 1.29 is 9.84 Å². The van der Waals surface area contributed by atoms with Crippen LogP contribution >= 0.6 is 0 Å². The van der Waals surface area contributed by atoms with Crippen molar-refractivity contribution in [1.82, 2.24) is 10.2 Å². The number of rotatable bonds is 8. The highest BCUT2D eigenvalue weighted by Gasteiger charge is 2.16. The van der Waals surface area contributed by atoms with E-state index in [1.54, 1.807) is 0 Å². The molecule has 0 aliphatic carbocycles. The van der Waals surface area contributed by atoms with Crippen molar-refractivity contribution in [3.63, 3.8) is 0 Å². The molecular formula is C17H29N3O2. The van der Waals surface area contributed by atoms with Crippen LogP contribution in [0.1, 0.15) is 23.1 Å². The van der Waals surface area contributed by atoms with Crippen molar-refractivity contribution in [2.75, 3.05) is 45.9 Å². The number of nitrogens with one attached hydrogen (secondary N) is 1. The minimum atomic E-state index is 0.182. The topological polar surface area (TPSA) is 70.8 Å². The minimum absolute atomic E-state index is 0.182. The zero-order chi connectivity index (χ0) is 15.8. The molecule has 1 aliphatic heterocycles. The standard InChI is InChI=1S/C17H29N3O2/c1-14-15(5-11-21)3-4-17(22-12-2-6-18)16(14)13-20-9-7-19-8-10-20/h3-4,19,21H,2,5-13,18H2,1H3. The maximum atomic E-state index is 9.24. The summed E-state index contributed by atoms with van der Waals surface area (Å²) in [6.45, 7) is 8.73. The van der Waals surface area contributed by atoms with Crippen LogP contribution in [0.15, 0.2) is 12.1 Å². The molecule has 22 heavy (non-hydrogen) atoms. The van der Waals surface area contributed by atoms with E-state index in [1.807, 2.05) is 6.07 Å². The lowest BCUT2D eigenvalue weighted by atomic mass is 9.98. The maximum absolute atomic E-state index is 9.24. The predicted molar refractivity (Wildman–Crippen MR) is 89.3 cm³/mol. The molecule has 0 aromatic heterocycles. The van der Waals surface area contributed by atoms with Gasteiger partial charge < -0.3 is 20.9 Å². The molecule has 5 heteroatoms. The fourth-order valence-electron chi connectivity index (χ4n) is 2.86. The highest BCUT2D eigenvalue weighted by molar-refractivity contribution is 5.44. The van der Waals surface area contributed by atoms with Crippen molar-refractivity contribution in [2.24, 2.45) is 5.73 Å². The zero-order valence-corrected chi connectivity index (χ0v) is 13.6. The van der Waals surface area contributed by atoms with Crippen LogP contribution in [0.3, 0.4) is 0 Å². The molecule has 1 fully saturated rings. The largest absolute Gasteiger partial charge is 0.493 e. The summed E-state index contributed by atoms with van der Waals surface area (Å²) in [5, 5.41) is 12.6. The molecule has 0 spiro atoms. The van der Waals surface area contributed by atoms with Crippen molar-refractivity contribution in [1.29, 1.82) is 0 Å². The van der Waals surface area contributed by atoms with Crippen LogP contribution in [0.4, 0.5) is 0 Å². The first-order valence-electron chi connectivity index (χ1n) is 8.24. The minimum Gasteiger partial charge on any atom is -0.493 e. The Hall–Kier alpha value is -1.14. The summed E-state index contributed by atoms with van der Waals surface area (Å²) in [5.74, 6) is 0.964. The molecule has 1 saturated heterocycles. The summed E-state index contributed by atoms with van der Waals surface area (Å²) in [5.41, 5.74) is 9.26. The lowest BCUT2D eigenvalue weighted by molar-refractivity contribution is 0.226. The van der Waals surface area contributed by atoms with Crippen LogP contribution in [-0.2, 0) is 13.0 Å². The average Bonchev–Trinajstić information content (AvgIpc) is 2.54. The molecule has 1 aromatic rings. The third kappa shape index (κ3) is 4.68. The number of ether oxygens (including phenoxy) is 1. The van der Waals surface area contributed by atoms with Crippen molar-refractivity contribution >= 4 is 0 Å². The van der Waals surface area contributed by atoms with Gasteiger partial charge in [-0.15, -0.1) is 0 Å². The summed E-state index contributed by atoms with van der Waals surface area (Å²) >= 11 is 0. The van der Waals surface area contributed by atoms with Crippen LogP contribution < -0.4 is 15.8 Å². The van der Waals surface area contributed by atoms with Crippen LogP contribution in [0.25, 0.3) is 0 Å². The van der Waals surface area contributed by atoms with Crippen LogP contribution in [0.2, 0.25) is 0 Å². The normalized spacial score (nSPS) is 16.0. The van der Waals surface area contributed by atoms with Crippen molar-refractivity contribution in [2.45, 2.75) is 26.3 Å². The summed E-state index contributed by atoms with van der Waals surface area (Å²) in [6, 6.07) is 4.12. The molecule has 1 aromatic carbocycles. The Morgan fingerprint density at radius 1 is 1.32 bits per heavy atom. The van der Waals surface area contributed by atoms with E-state index < -0.39 is 0 Å². The number of nitrogens with two attached hydrogens (primary N) is 1. The molecule has 1 aliphatic rings. The highest BCUT2D eigenvalue weighted by Crippen LogP contribution is 2.27. The third-order valence-electron chi connectivity index (χ3n) is 4.25. The van der Waals surface area contributed by atoms with Gasteiger partial charge in [0.2, 0.25) is 0 Å². The van der Waals surface area contributed by atoms with Gasteiger partial charge >= 0.3 is 0 Å². The van der Waals surface area contributed by atoms with Gasteiger partial charge in [0.05, 0.1) is 6.61 Å². The third-order valence-corrected chi connectivity index (χ3v) is 4.25. The van der Waals surface area contributed by atoms with E-state index in [9.17, 15) is 5.11 Å². The van der Waals surface area contributed by atoms with Gasteiger partial charge in [-0.1, -0.05) is 6.07 Å². The highest BCUT2D eigenvalue weighted by atomic mass is 16.5. The van der Waals surface area contributed by atoms with E-state index in [0.717, 1.165) is 44.9 Å². The van der Waals surface area contributed by atoms with Crippen LogP contribution in [-0.4, -0.2) is 55.9 Å². The fourth-order valence-corrected chi connectivity index (χ4v) is 2.86. The van der Waals surface area contributed by atoms with Crippen LogP contribution in [0.5, 0.6) is 5.75 Å². The van der Waals surface area contributed by atoms with Crippen molar-refractivity contribution in [3.05, 3.63) is 28.8 Å². The summed E-state index contributed by atoms with van der Waals surface area (Å²) in [4.78, 5) is 2.46. The number of piperazine rings is 1. The molecule has 1 heterocycles. The first-order chi connectivity index (χ1) is 10.8. The Balaban J connectivity index is 2.17. The Morgan fingerprint density at radius 3 is 2.77 bits per heavy atom. The molecule has 2 rings (SSSR count). The molecule has 124 valence electrons. The fraction of sp³-hybridized carbons (Fsp3) is 0.647. The van der Waals surface area contributed by atoms with Gasteiger partial charge in [0.25, 0.3) is 0 Å². The van der Waals surface area contributed by atoms with E-state index in [4.69, 9.17) is 10.5 Å². The Labute approximate surface area is 133 Å². The van der Waals surface area contributed by atoms with Gasteiger partial charge in [-0.2, -0.15) is 0 Å². The Bertz CT molecular complexity index is 459.